The number of carbonyl (C=O) groups is 1. The highest BCUT2D eigenvalue weighted by atomic mass is 16.5. The fourth-order valence-corrected chi connectivity index (χ4v) is 3.69. The lowest BCUT2D eigenvalue weighted by molar-refractivity contribution is 0.102. The average molecular weight is 418 g/mol. The number of carbonyl (C=O) groups excluding carboxylic acids is 1. The lowest BCUT2D eigenvalue weighted by atomic mass is 10.1. The van der Waals surface area contributed by atoms with E-state index in [0.29, 0.717) is 23.7 Å². The first-order chi connectivity index (χ1) is 15.2. The molecular weight excluding hydrogens is 390 g/mol. The summed E-state index contributed by atoms with van der Waals surface area (Å²) in [6, 6.07) is 15.0. The maximum absolute atomic E-state index is 12.6. The number of pyridine rings is 1. The van der Waals surface area contributed by atoms with Gasteiger partial charge in [0.25, 0.3) is 5.91 Å². The van der Waals surface area contributed by atoms with E-state index in [1.54, 1.807) is 18.3 Å². The van der Waals surface area contributed by atoms with Gasteiger partial charge in [-0.1, -0.05) is 25.0 Å². The van der Waals surface area contributed by atoms with Gasteiger partial charge in [0.1, 0.15) is 5.56 Å². The Morgan fingerprint density at radius 1 is 1.00 bits per heavy atom. The normalized spacial score (nSPS) is 14.0. The van der Waals surface area contributed by atoms with Crippen molar-refractivity contribution in [3.63, 3.8) is 0 Å². The second-order valence-corrected chi connectivity index (χ2v) is 7.50. The van der Waals surface area contributed by atoms with E-state index >= 15 is 0 Å². The van der Waals surface area contributed by atoms with Gasteiger partial charge >= 0.3 is 0 Å². The summed E-state index contributed by atoms with van der Waals surface area (Å²) >= 11 is 0. The highest BCUT2D eigenvalue weighted by Gasteiger charge is 2.14. The van der Waals surface area contributed by atoms with Crippen molar-refractivity contribution in [3.8, 4) is 17.1 Å². The van der Waals surface area contributed by atoms with Crippen LogP contribution in [0.4, 0.5) is 11.5 Å². The first-order valence-electron chi connectivity index (χ1n) is 10.8. The summed E-state index contributed by atoms with van der Waals surface area (Å²) in [5, 5.41) is 11.8. The monoisotopic (exact) mass is 417 g/mol. The van der Waals surface area contributed by atoms with E-state index in [0.717, 1.165) is 30.2 Å². The van der Waals surface area contributed by atoms with Gasteiger partial charge < -0.3 is 15.0 Å². The second kappa shape index (κ2) is 10.0. The molecule has 7 nitrogen and oxygen atoms in total. The van der Waals surface area contributed by atoms with Gasteiger partial charge in [0.05, 0.1) is 12.3 Å². The Labute approximate surface area is 182 Å². The number of rotatable bonds is 6. The van der Waals surface area contributed by atoms with Crippen LogP contribution in [0.15, 0.2) is 54.7 Å². The average Bonchev–Trinajstić information content (AvgIpc) is 3.10. The third-order valence-corrected chi connectivity index (χ3v) is 5.32. The molecule has 1 amide bonds. The molecule has 31 heavy (non-hydrogen) atoms. The molecule has 1 saturated heterocycles. The van der Waals surface area contributed by atoms with Crippen molar-refractivity contribution in [1.29, 1.82) is 0 Å². The summed E-state index contributed by atoms with van der Waals surface area (Å²) in [6.45, 7) is 4.40. The van der Waals surface area contributed by atoms with Crippen LogP contribution in [-0.2, 0) is 0 Å². The molecule has 1 aromatic carbocycles. The van der Waals surface area contributed by atoms with Gasteiger partial charge in [0.2, 0.25) is 5.88 Å². The van der Waals surface area contributed by atoms with Crippen LogP contribution in [0.3, 0.4) is 0 Å². The highest BCUT2D eigenvalue weighted by Crippen LogP contribution is 2.23. The van der Waals surface area contributed by atoms with E-state index in [2.05, 4.69) is 25.4 Å². The minimum Gasteiger partial charge on any atom is -0.477 e. The van der Waals surface area contributed by atoms with Gasteiger partial charge in [-0.15, -0.1) is 10.2 Å². The molecule has 1 N–H and O–H groups in total. The third kappa shape index (κ3) is 5.17. The maximum atomic E-state index is 12.6. The van der Waals surface area contributed by atoms with Crippen molar-refractivity contribution in [2.24, 2.45) is 0 Å². The van der Waals surface area contributed by atoms with E-state index in [1.165, 1.54) is 25.7 Å². The van der Waals surface area contributed by atoms with E-state index < -0.39 is 0 Å². The summed E-state index contributed by atoms with van der Waals surface area (Å²) < 4.78 is 5.44. The Hall–Kier alpha value is -3.48. The molecule has 1 fully saturated rings. The van der Waals surface area contributed by atoms with Crippen molar-refractivity contribution in [3.05, 3.63) is 60.3 Å². The predicted octanol–water partition coefficient (Wildman–Crippen LogP) is 4.57. The fraction of sp³-hybridized carbons (Fsp3) is 0.333. The molecule has 0 radical (unpaired) electrons. The van der Waals surface area contributed by atoms with Crippen molar-refractivity contribution in [2.45, 2.75) is 32.6 Å². The molecule has 160 valence electrons. The van der Waals surface area contributed by atoms with Crippen molar-refractivity contribution in [1.82, 2.24) is 15.2 Å². The fourth-order valence-electron chi connectivity index (χ4n) is 3.69. The molecule has 3 aromatic rings. The van der Waals surface area contributed by atoms with Crippen LogP contribution < -0.4 is 15.0 Å². The van der Waals surface area contributed by atoms with Gasteiger partial charge in [0, 0.05) is 30.5 Å². The number of benzene rings is 1. The molecule has 3 heterocycles. The molecule has 0 spiro atoms. The van der Waals surface area contributed by atoms with Gasteiger partial charge in [-0.3, -0.25) is 4.79 Å². The molecule has 0 unspecified atom stereocenters. The molecule has 4 rings (SSSR count). The van der Waals surface area contributed by atoms with E-state index in [4.69, 9.17) is 4.74 Å². The summed E-state index contributed by atoms with van der Waals surface area (Å²) in [4.78, 5) is 19.1. The molecular formula is C24H27N5O2. The number of nitrogens with one attached hydrogen (secondary N) is 1. The Morgan fingerprint density at radius 3 is 2.45 bits per heavy atom. The minimum absolute atomic E-state index is 0.258. The Balaban J connectivity index is 1.43. The van der Waals surface area contributed by atoms with Gasteiger partial charge in [-0.05, 0) is 56.2 Å². The maximum Gasteiger partial charge on any atom is 0.261 e. The van der Waals surface area contributed by atoms with Crippen LogP contribution in [0.5, 0.6) is 5.88 Å². The molecule has 1 aliphatic rings. The summed E-state index contributed by atoms with van der Waals surface area (Å²) in [5.74, 6) is 1.01. The number of hydrogen-bond donors (Lipinski definition) is 1. The number of hydrogen-bond acceptors (Lipinski definition) is 6. The largest absolute Gasteiger partial charge is 0.477 e. The van der Waals surface area contributed by atoms with Crippen LogP contribution in [0, 0.1) is 0 Å². The van der Waals surface area contributed by atoms with E-state index in [9.17, 15) is 4.79 Å². The predicted molar refractivity (Wildman–Crippen MR) is 122 cm³/mol. The summed E-state index contributed by atoms with van der Waals surface area (Å²) in [5.41, 5.74) is 2.85. The van der Waals surface area contributed by atoms with Gasteiger partial charge in [0.15, 0.2) is 5.82 Å². The molecule has 7 heteroatoms. The van der Waals surface area contributed by atoms with E-state index in [-0.39, 0.29) is 5.91 Å². The molecule has 1 aliphatic heterocycles. The standard InChI is InChI=1S/C24H27N5O2/c1-2-31-24-20(8-7-15-25-24)23(30)26-19-11-9-18(10-12-19)21-13-14-22(28-27-21)29-16-5-3-4-6-17-29/h7-15H,2-6,16-17H2,1H3,(H,26,30). The highest BCUT2D eigenvalue weighted by molar-refractivity contribution is 6.05. The van der Waals surface area contributed by atoms with Crippen LogP contribution >= 0.6 is 0 Å². The number of aromatic nitrogens is 3. The lowest BCUT2D eigenvalue weighted by Crippen LogP contribution is -2.25. The van der Waals surface area contributed by atoms with Crippen molar-refractivity contribution >= 4 is 17.4 Å². The third-order valence-electron chi connectivity index (χ3n) is 5.32. The zero-order valence-corrected chi connectivity index (χ0v) is 17.8. The molecule has 0 aliphatic carbocycles. The minimum atomic E-state index is -0.258. The van der Waals surface area contributed by atoms with Crippen molar-refractivity contribution in [2.75, 3.05) is 29.9 Å². The lowest BCUT2D eigenvalue weighted by Gasteiger charge is -2.20. The zero-order chi connectivity index (χ0) is 21.5. The smallest absolute Gasteiger partial charge is 0.261 e. The number of ether oxygens (including phenoxy) is 1. The topological polar surface area (TPSA) is 80.2 Å². The summed E-state index contributed by atoms with van der Waals surface area (Å²) in [6.07, 6.45) is 6.61. The Morgan fingerprint density at radius 2 is 1.77 bits per heavy atom. The number of anilines is 2. The van der Waals surface area contributed by atoms with Gasteiger partial charge in [-0.25, -0.2) is 4.98 Å². The van der Waals surface area contributed by atoms with Crippen molar-refractivity contribution < 1.29 is 9.53 Å². The Bertz CT molecular complexity index is 997. The number of amides is 1. The SMILES string of the molecule is CCOc1ncccc1C(=O)Nc1ccc(-c2ccc(N3CCCCCC3)nn2)cc1. The number of nitrogens with zero attached hydrogens (tertiary/aromatic N) is 4. The quantitative estimate of drug-likeness (QED) is 0.633. The van der Waals surface area contributed by atoms with Crippen LogP contribution in [0.1, 0.15) is 43.0 Å². The second-order valence-electron chi connectivity index (χ2n) is 7.50. The first-order valence-corrected chi connectivity index (χ1v) is 10.8. The Kier molecular flexibility index (Phi) is 6.72. The van der Waals surface area contributed by atoms with Crippen LogP contribution in [-0.4, -0.2) is 40.8 Å². The van der Waals surface area contributed by atoms with E-state index in [1.807, 2.05) is 43.3 Å². The molecule has 0 bridgehead atoms. The molecule has 2 aromatic heterocycles. The van der Waals surface area contributed by atoms with Gasteiger partial charge in [-0.2, -0.15) is 0 Å². The van der Waals surface area contributed by atoms with Crippen LogP contribution in [0.2, 0.25) is 0 Å². The zero-order valence-electron chi connectivity index (χ0n) is 17.8. The van der Waals surface area contributed by atoms with Crippen LogP contribution in [0.25, 0.3) is 11.3 Å². The first kappa shape index (κ1) is 20.8. The molecule has 0 saturated carbocycles. The molecule has 0 atom stereocenters. The summed E-state index contributed by atoms with van der Waals surface area (Å²) in [7, 11) is 0.